The summed E-state index contributed by atoms with van der Waals surface area (Å²) in [6.45, 7) is 1.58. The number of amides is 1. The molecule has 6 nitrogen and oxygen atoms in total. The van der Waals surface area contributed by atoms with Crippen LogP contribution in [0.3, 0.4) is 0 Å². The van der Waals surface area contributed by atoms with Gasteiger partial charge >= 0.3 is 5.97 Å². The lowest BCUT2D eigenvalue weighted by Gasteiger charge is -2.16. The van der Waals surface area contributed by atoms with E-state index < -0.39 is 11.9 Å². The molecule has 2 aromatic rings. The highest BCUT2D eigenvalue weighted by Gasteiger charge is 2.26. The number of carbonyl (C=O) groups is 2. The lowest BCUT2D eigenvalue weighted by atomic mass is 10.2. The molecule has 2 heterocycles. The molecular weight excluding hydrogens is 337 g/mol. The maximum atomic E-state index is 12.5. The van der Waals surface area contributed by atoms with Gasteiger partial charge in [0.15, 0.2) is 0 Å². The number of carbonyl (C=O) groups excluding carboxylic acids is 1. The van der Waals surface area contributed by atoms with Gasteiger partial charge in [-0.3, -0.25) is 9.69 Å². The highest BCUT2D eigenvalue weighted by Crippen LogP contribution is 2.31. The summed E-state index contributed by atoms with van der Waals surface area (Å²) < 4.78 is 5.43. The minimum absolute atomic E-state index is 0.0160. The van der Waals surface area contributed by atoms with Crippen molar-refractivity contribution in [1.82, 2.24) is 8.94 Å². The van der Waals surface area contributed by atoms with Gasteiger partial charge in [0.05, 0.1) is 10.7 Å². The minimum atomic E-state index is -1.13. The minimum Gasteiger partial charge on any atom is -0.478 e. The largest absolute Gasteiger partial charge is 0.478 e. The van der Waals surface area contributed by atoms with Gasteiger partial charge in [0.2, 0.25) is 0 Å². The molecule has 0 spiro atoms. The van der Waals surface area contributed by atoms with Crippen molar-refractivity contribution in [3.05, 3.63) is 33.2 Å². The van der Waals surface area contributed by atoms with Gasteiger partial charge in [-0.2, -0.15) is 4.37 Å². The quantitative estimate of drug-likeness (QED) is 0.925. The van der Waals surface area contributed by atoms with Crippen LogP contribution in [0.1, 0.15) is 26.5 Å². The standard InChI is InChI=1S/C12H11Cl2N3O3S/c1-5-8(12(19)20)11(21-15-5)17(3)10(18)7-4-6(13)9(14)16(7)2/h4H,1-3H3,(H,19,20). The van der Waals surface area contributed by atoms with Crippen molar-refractivity contribution in [2.45, 2.75) is 6.92 Å². The molecule has 0 aromatic carbocycles. The van der Waals surface area contributed by atoms with Crippen molar-refractivity contribution in [1.29, 1.82) is 0 Å². The summed E-state index contributed by atoms with van der Waals surface area (Å²) in [5.74, 6) is -1.55. The van der Waals surface area contributed by atoms with Crippen LogP contribution in [0.25, 0.3) is 0 Å². The van der Waals surface area contributed by atoms with Crippen molar-refractivity contribution in [2.75, 3.05) is 11.9 Å². The number of aryl methyl sites for hydroxylation is 1. The molecule has 21 heavy (non-hydrogen) atoms. The molecule has 0 saturated carbocycles. The van der Waals surface area contributed by atoms with Gasteiger partial charge in [-0.15, -0.1) is 0 Å². The Kier molecular flexibility index (Phi) is 4.27. The number of carboxylic acid groups (broad SMARTS) is 1. The number of aromatic nitrogens is 2. The van der Waals surface area contributed by atoms with E-state index in [1.165, 1.54) is 22.6 Å². The Bertz CT molecular complexity index is 738. The SMILES string of the molecule is Cc1nsc(N(C)C(=O)c2cc(Cl)c(Cl)n2C)c1C(=O)O. The van der Waals surface area contributed by atoms with Gasteiger partial charge in [-0.1, -0.05) is 23.2 Å². The third-order valence-electron chi connectivity index (χ3n) is 3.00. The fourth-order valence-electron chi connectivity index (χ4n) is 1.84. The average molecular weight is 348 g/mol. The number of nitrogens with zero attached hydrogens (tertiary/aromatic N) is 3. The van der Waals surface area contributed by atoms with Crippen LogP contribution in [0.15, 0.2) is 6.07 Å². The highest BCUT2D eigenvalue weighted by atomic mass is 35.5. The van der Waals surface area contributed by atoms with E-state index in [1.54, 1.807) is 14.0 Å². The normalized spacial score (nSPS) is 10.7. The molecule has 2 rings (SSSR count). The van der Waals surface area contributed by atoms with Gasteiger partial charge in [0, 0.05) is 14.1 Å². The van der Waals surface area contributed by atoms with Crippen molar-refractivity contribution in [3.63, 3.8) is 0 Å². The Balaban J connectivity index is 2.45. The smallest absolute Gasteiger partial charge is 0.340 e. The Labute approximate surface area is 134 Å². The Morgan fingerprint density at radius 2 is 2.05 bits per heavy atom. The van der Waals surface area contributed by atoms with Crippen LogP contribution in [0.4, 0.5) is 5.00 Å². The van der Waals surface area contributed by atoms with Gasteiger partial charge in [-0.05, 0) is 24.5 Å². The number of halogens is 2. The van der Waals surface area contributed by atoms with Gasteiger partial charge in [-0.25, -0.2) is 4.79 Å². The van der Waals surface area contributed by atoms with E-state index in [1.807, 2.05) is 0 Å². The van der Waals surface area contributed by atoms with Crippen LogP contribution in [0.5, 0.6) is 0 Å². The van der Waals surface area contributed by atoms with E-state index in [4.69, 9.17) is 23.2 Å². The van der Waals surface area contributed by atoms with Crippen LogP contribution in [-0.2, 0) is 7.05 Å². The molecule has 0 aliphatic carbocycles. The van der Waals surface area contributed by atoms with E-state index in [-0.39, 0.29) is 26.4 Å². The summed E-state index contributed by atoms with van der Waals surface area (Å²) >= 11 is 12.8. The molecule has 1 N–H and O–H groups in total. The topological polar surface area (TPSA) is 75.4 Å². The number of carboxylic acids is 1. The second-order valence-corrected chi connectivity index (χ2v) is 5.86. The van der Waals surface area contributed by atoms with E-state index in [0.717, 1.165) is 11.5 Å². The molecule has 0 saturated heterocycles. The predicted molar refractivity (Wildman–Crippen MR) is 82.0 cm³/mol. The molecule has 0 radical (unpaired) electrons. The van der Waals surface area contributed by atoms with E-state index >= 15 is 0 Å². The predicted octanol–water partition coefficient (Wildman–Crippen LogP) is 3.07. The summed E-state index contributed by atoms with van der Waals surface area (Å²) in [6.07, 6.45) is 0. The van der Waals surface area contributed by atoms with Crippen LogP contribution >= 0.6 is 34.7 Å². The Morgan fingerprint density at radius 1 is 1.43 bits per heavy atom. The van der Waals surface area contributed by atoms with Crippen LogP contribution in [0.2, 0.25) is 10.2 Å². The fourth-order valence-corrected chi connectivity index (χ4v) is 3.07. The van der Waals surface area contributed by atoms with Crippen molar-refractivity contribution < 1.29 is 14.7 Å². The first-order chi connectivity index (χ1) is 9.75. The van der Waals surface area contributed by atoms with E-state index in [2.05, 4.69) is 4.37 Å². The van der Waals surface area contributed by atoms with Gasteiger partial charge in [0.25, 0.3) is 5.91 Å². The molecule has 0 fully saturated rings. The highest BCUT2D eigenvalue weighted by molar-refractivity contribution is 7.11. The van der Waals surface area contributed by atoms with Crippen LogP contribution < -0.4 is 4.90 Å². The summed E-state index contributed by atoms with van der Waals surface area (Å²) in [4.78, 5) is 25.0. The number of anilines is 1. The molecule has 1 amide bonds. The Hall–Kier alpha value is -1.57. The first-order valence-electron chi connectivity index (χ1n) is 5.74. The zero-order chi connectivity index (χ0) is 15.9. The van der Waals surface area contributed by atoms with E-state index in [0.29, 0.717) is 5.69 Å². The molecule has 0 unspecified atom stereocenters. The van der Waals surface area contributed by atoms with Crippen LogP contribution in [-0.4, -0.2) is 33.0 Å². The molecule has 0 bridgehead atoms. The number of hydrogen-bond acceptors (Lipinski definition) is 4. The molecule has 0 atom stereocenters. The first-order valence-corrected chi connectivity index (χ1v) is 7.27. The third kappa shape index (κ3) is 2.64. The molecular formula is C12H11Cl2N3O3S. The molecule has 9 heteroatoms. The van der Waals surface area contributed by atoms with Crippen molar-refractivity contribution >= 4 is 51.6 Å². The summed E-state index contributed by atoms with van der Waals surface area (Å²) in [6, 6.07) is 1.44. The summed E-state index contributed by atoms with van der Waals surface area (Å²) in [5.41, 5.74) is 0.641. The molecule has 0 aliphatic heterocycles. The van der Waals surface area contributed by atoms with Crippen molar-refractivity contribution in [2.24, 2.45) is 7.05 Å². The maximum Gasteiger partial charge on any atom is 0.340 e. The second-order valence-electron chi connectivity index (χ2n) is 4.34. The summed E-state index contributed by atoms with van der Waals surface area (Å²) in [5, 5.41) is 9.99. The lowest BCUT2D eigenvalue weighted by molar-refractivity contribution is 0.0697. The Morgan fingerprint density at radius 3 is 2.52 bits per heavy atom. The number of aromatic carboxylic acids is 1. The van der Waals surface area contributed by atoms with Gasteiger partial charge in [0.1, 0.15) is 21.4 Å². The zero-order valence-corrected chi connectivity index (χ0v) is 13.7. The second kappa shape index (κ2) is 5.67. The third-order valence-corrected chi connectivity index (χ3v) is 4.86. The number of rotatable bonds is 3. The zero-order valence-electron chi connectivity index (χ0n) is 11.3. The lowest BCUT2D eigenvalue weighted by Crippen LogP contribution is -2.28. The van der Waals surface area contributed by atoms with Crippen LogP contribution in [0, 0.1) is 6.92 Å². The molecule has 0 aliphatic rings. The first kappa shape index (κ1) is 15.8. The number of hydrogen-bond donors (Lipinski definition) is 1. The maximum absolute atomic E-state index is 12.5. The average Bonchev–Trinajstić information content (AvgIpc) is 2.93. The van der Waals surface area contributed by atoms with Crippen molar-refractivity contribution in [3.8, 4) is 0 Å². The fraction of sp³-hybridized carbons (Fsp3) is 0.250. The molecule has 112 valence electrons. The van der Waals surface area contributed by atoms with E-state index in [9.17, 15) is 14.7 Å². The monoisotopic (exact) mass is 347 g/mol. The molecule has 2 aromatic heterocycles. The summed E-state index contributed by atoms with van der Waals surface area (Å²) in [7, 11) is 3.09. The van der Waals surface area contributed by atoms with Gasteiger partial charge < -0.3 is 9.67 Å².